The molecular formula is C33H55FO5S. The van der Waals surface area contributed by atoms with Crippen molar-refractivity contribution < 1.29 is 26.5 Å². The molecule has 0 N–H and O–H groups in total. The van der Waals surface area contributed by atoms with Crippen molar-refractivity contribution in [2.24, 2.45) is 51.8 Å². The van der Waals surface area contributed by atoms with Crippen LogP contribution in [0.3, 0.4) is 0 Å². The molecule has 4 aliphatic rings. The lowest BCUT2D eigenvalue weighted by Gasteiger charge is -2.58. The maximum Gasteiger partial charge on any atom is 0.311 e. The van der Waals surface area contributed by atoms with Gasteiger partial charge in [0.15, 0.2) is 0 Å². The first-order chi connectivity index (χ1) is 18.5. The Balaban J connectivity index is 1.55. The van der Waals surface area contributed by atoms with Crippen molar-refractivity contribution in [3.63, 3.8) is 0 Å². The summed E-state index contributed by atoms with van der Waals surface area (Å²) in [4.78, 5) is 12.6. The summed E-state index contributed by atoms with van der Waals surface area (Å²) in [5.74, 6) is 1.95. The van der Waals surface area contributed by atoms with E-state index in [1.807, 2.05) is 27.7 Å². The van der Waals surface area contributed by atoms with Crippen LogP contribution in [-0.4, -0.2) is 39.5 Å². The molecule has 0 aromatic rings. The predicted octanol–water partition coefficient (Wildman–Crippen LogP) is 7.89. The summed E-state index contributed by atoms with van der Waals surface area (Å²) in [5, 5.41) is 0. The van der Waals surface area contributed by atoms with Gasteiger partial charge in [-0.15, -0.1) is 0 Å². The molecule has 0 bridgehead atoms. The van der Waals surface area contributed by atoms with Crippen LogP contribution in [0.2, 0.25) is 0 Å². The SMILES string of the molecule is C[C@@H](CF)CCC[C@@H](C)[C@H]1[C@@H](OS(C)(=O)=O)C[C@H]2[C@@H]3CC=C4C[C@@H](OC(=O)C(C)(C)C)CC[C@]4(C)[C@H]3CC[C@]12C. The number of hydrogen-bond acceptors (Lipinski definition) is 5. The third-order valence-corrected chi connectivity index (χ3v) is 12.2. The first kappa shape index (κ1) is 32.0. The van der Waals surface area contributed by atoms with Crippen molar-refractivity contribution >= 4 is 16.1 Å². The molecule has 3 saturated carbocycles. The molecule has 0 radical (unpaired) electrons. The van der Waals surface area contributed by atoms with Crippen LogP contribution in [0.5, 0.6) is 0 Å². The van der Waals surface area contributed by atoms with Gasteiger partial charge >= 0.3 is 5.97 Å². The quantitative estimate of drug-likeness (QED) is 0.157. The molecule has 7 heteroatoms. The van der Waals surface area contributed by atoms with E-state index in [0.29, 0.717) is 23.7 Å². The minimum Gasteiger partial charge on any atom is -0.462 e. The molecule has 4 aliphatic carbocycles. The molecule has 0 amide bonds. The highest BCUT2D eigenvalue weighted by Crippen LogP contribution is 2.68. The zero-order valence-corrected chi connectivity index (χ0v) is 27.1. The van der Waals surface area contributed by atoms with Gasteiger partial charge in [0, 0.05) is 6.42 Å². The van der Waals surface area contributed by atoms with E-state index in [4.69, 9.17) is 8.92 Å². The van der Waals surface area contributed by atoms with Crippen molar-refractivity contribution in [2.45, 2.75) is 125 Å². The molecule has 5 nitrogen and oxygen atoms in total. The van der Waals surface area contributed by atoms with Crippen LogP contribution in [0.1, 0.15) is 113 Å². The highest BCUT2D eigenvalue weighted by Gasteiger charge is 2.62. The lowest BCUT2D eigenvalue weighted by Crippen LogP contribution is -2.51. The fourth-order valence-electron chi connectivity index (χ4n) is 9.47. The van der Waals surface area contributed by atoms with Crippen molar-refractivity contribution in [2.75, 3.05) is 12.9 Å². The second kappa shape index (κ2) is 11.6. The van der Waals surface area contributed by atoms with Crippen LogP contribution in [-0.2, 0) is 23.8 Å². The minimum absolute atomic E-state index is 0.0305. The molecule has 40 heavy (non-hydrogen) atoms. The topological polar surface area (TPSA) is 69.7 Å². The van der Waals surface area contributed by atoms with E-state index in [1.54, 1.807) is 0 Å². The third-order valence-electron chi connectivity index (χ3n) is 11.6. The summed E-state index contributed by atoms with van der Waals surface area (Å²) in [5.41, 5.74) is 1.10. The summed E-state index contributed by atoms with van der Waals surface area (Å²) < 4.78 is 49.7. The highest BCUT2D eigenvalue weighted by atomic mass is 32.2. The summed E-state index contributed by atoms with van der Waals surface area (Å²) in [6.45, 7) is 14.5. The number of esters is 1. The van der Waals surface area contributed by atoms with Crippen LogP contribution in [0.4, 0.5) is 4.39 Å². The average molecular weight is 583 g/mol. The average Bonchev–Trinajstić information content (AvgIpc) is 3.13. The molecule has 0 spiro atoms. The Morgan fingerprint density at radius 3 is 2.45 bits per heavy atom. The molecule has 10 atom stereocenters. The second-order valence-electron chi connectivity index (χ2n) is 15.6. The van der Waals surface area contributed by atoms with Gasteiger partial charge in [0.2, 0.25) is 0 Å². The van der Waals surface area contributed by atoms with Crippen molar-refractivity contribution in [3.8, 4) is 0 Å². The van der Waals surface area contributed by atoms with E-state index in [0.717, 1.165) is 64.2 Å². The molecule has 0 heterocycles. The van der Waals surface area contributed by atoms with Crippen LogP contribution in [0, 0.1) is 51.8 Å². The molecule has 0 aromatic carbocycles. The normalized spacial score (nSPS) is 39.4. The number of carbonyl (C=O) groups is 1. The highest BCUT2D eigenvalue weighted by molar-refractivity contribution is 7.86. The largest absolute Gasteiger partial charge is 0.462 e. The lowest BCUT2D eigenvalue weighted by atomic mass is 9.47. The summed E-state index contributed by atoms with van der Waals surface area (Å²) >= 11 is 0. The molecule has 0 unspecified atom stereocenters. The molecular weight excluding hydrogens is 527 g/mol. The Bertz CT molecular complexity index is 1060. The number of allylic oxidation sites excluding steroid dienone is 1. The Morgan fingerprint density at radius 1 is 1.12 bits per heavy atom. The lowest BCUT2D eigenvalue weighted by molar-refractivity contribution is -0.161. The van der Waals surface area contributed by atoms with Crippen LogP contribution < -0.4 is 0 Å². The molecule has 230 valence electrons. The van der Waals surface area contributed by atoms with Gasteiger partial charge in [0.1, 0.15) is 6.10 Å². The number of ether oxygens (including phenoxy) is 1. The molecule has 0 saturated heterocycles. The van der Waals surface area contributed by atoms with Gasteiger partial charge in [-0.3, -0.25) is 13.4 Å². The third kappa shape index (κ3) is 6.35. The Morgan fingerprint density at radius 2 is 1.82 bits per heavy atom. The maximum absolute atomic E-state index is 13.1. The number of fused-ring (bicyclic) bond motifs is 5. The van der Waals surface area contributed by atoms with Crippen molar-refractivity contribution in [1.29, 1.82) is 0 Å². The van der Waals surface area contributed by atoms with Gasteiger partial charge in [-0.05, 0) is 112 Å². The van der Waals surface area contributed by atoms with Crippen LogP contribution >= 0.6 is 0 Å². The Kier molecular flexibility index (Phi) is 9.29. The van der Waals surface area contributed by atoms with E-state index in [9.17, 15) is 17.6 Å². The Labute approximate surface area is 243 Å². The zero-order chi connectivity index (χ0) is 29.7. The number of carbonyl (C=O) groups excluding carboxylic acids is 1. The second-order valence-corrected chi connectivity index (χ2v) is 17.2. The molecule has 0 aromatic heterocycles. The Hall–Kier alpha value is -0.950. The summed E-state index contributed by atoms with van der Waals surface area (Å²) in [6, 6.07) is 0. The summed E-state index contributed by atoms with van der Waals surface area (Å²) in [7, 11) is -3.57. The van der Waals surface area contributed by atoms with Crippen LogP contribution in [0.15, 0.2) is 11.6 Å². The van der Waals surface area contributed by atoms with Gasteiger partial charge in [-0.25, -0.2) is 0 Å². The first-order valence-corrected chi connectivity index (χ1v) is 17.7. The van der Waals surface area contributed by atoms with Crippen molar-refractivity contribution in [1.82, 2.24) is 0 Å². The zero-order valence-electron chi connectivity index (χ0n) is 26.3. The van der Waals surface area contributed by atoms with Gasteiger partial charge in [0.05, 0.1) is 24.4 Å². The molecule has 4 rings (SSSR count). The smallest absolute Gasteiger partial charge is 0.311 e. The monoisotopic (exact) mass is 582 g/mol. The van der Waals surface area contributed by atoms with Gasteiger partial charge < -0.3 is 4.74 Å². The minimum atomic E-state index is -3.57. The van der Waals surface area contributed by atoms with E-state index in [2.05, 4.69) is 26.8 Å². The fraction of sp³-hybridized carbons (Fsp3) is 0.909. The summed E-state index contributed by atoms with van der Waals surface area (Å²) in [6.07, 6.45) is 12.9. The number of rotatable bonds is 9. The fourth-order valence-corrected chi connectivity index (χ4v) is 10.1. The first-order valence-electron chi connectivity index (χ1n) is 15.8. The maximum atomic E-state index is 13.1. The van der Waals surface area contributed by atoms with E-state index in [1.165, 1.54) is 11.8 Å². The van der Waals surface area contributed by atoms with Crippen molar-refractivity contribution in [3.05, 3.63) is 11.6 Å². The van der Waals surface area contributed by atoms with E-state index >= 15 is 0 Å². The number of alkyl halides is 1. The predicted molar refractivity (Wildman–Crippen MR) is 158 cm³/mol. The molecule has 3 fully saturated rings. The van der Waals surface area contributed by atoms with E-state index < -0.39 is 15.5 Å². The van der Waals surface area contributed by atoms with E-state index in [-0.39, 0.29) is 47.5 Å². The number of hydrogen-bond donors (Lipinski definition) is 0. The van der Waals surface area contributed by atoms with Gasteiger partial charge in [0.25, 0.3) is 10.1 Å². The number of halogens is 1. The molecule has 0 aliphatic heterocycles. The standard InChI is InChI=1S/C33H55FO5S/c1-21(20-34)10-9-11-22(2)29-28(39-40(8,36)37)19-27-25-13-12-23-18-24(38-30(35)31(3,4)5)14-16-32(23,6)26(25)15-17-33(27,29)7/h12,21-22,24-29H,9-11,13-20H2,1-8H3/t21-,22-,24+,25-,26+,27+,28+,29+,32+,33+/m1/s1. The van der Waals surface area contributed by atoms with Gasteiger partial charge in [-0.1, -0.05) is 52.2 Å². The van der Waals surface area contributed by atoms with Crippen LogP contribution in [0.25, 0.3) is 0 Å². The van der Waals surface area contributed by atoms with Gasteiger partial charge in [-0.2, -0.15) is 8.42 Å².